The topological polar surface area (TPSA) is 99.1 Å². The normalized spacial score (nSPS) is 24.2. The highest BCUT2D eigenvalue weighted by Gasteiger charge is 2.33. The molecule has 1 atom stereocenters. The van der Waals surface area contributed by atoms with Gasteiger partial charge in [-0.1, -0.05) is 0 Å². The standard InChI is InChI=1S/C10H13N3O4/c14-8-2-1-7(11-12-8)9(15)13-4-3-6(5-13)10(16)17/h6H,1-5H2,(H,12,14)(H,16,17). The van der Waals surface area contributed by atoms with Crippen molar-refractivity contribution in [2.24, 2.45) is 11.0 Å². The van der Waals surface area contributed by atoms with Crippen LogP contribution < -0.4 is 5.43 Å². The summed E-state index contributed by atoms with van der Waals surface area (Å²) >= 11 is 0. The van der Waals surface area contributed by atoms with Crippen molar-refractivity contribution >= 4 is 23.5 Å². The molecule has 7 heteroatoms. The first-order chi connectivity index (χ1) is 8.08. The number of hydrogen-bond donors (Lipinski definition) is 2. The quantitative estimate of drug-likeness (QED) is 0.658. The number of carbonyl (C=O) groups is 3. The van der Waals surface area contributed by atoms with Crippen LogP contribution in [-0.2, 0) is 14.4 Å². The van der Waals surface area contributed by atoms with Crippen LogP contribution in [0.2, 0.25) is 0 Å². The van der Waals surface area contributed by atoms with Crippen molar-refractivity contribution in [1.82, 2.24) is 10.3 Å². The van der Waals surface area contributed by atoms with Gasteiger partial charge in [-0.2, -0.15) is 5.10 Å². The van der Waals surface area contributed by atoms with Gasteiger partial charge in [-0.3, -0.25) is 14.4 Å². The van der Waals surface area contributed by atoms with Crippen LogP contribution in [0, 0.1) is 5.92 Å². The van der Waals surface area contributed by atoms with Gasteiger partial charge in [0.15, 0.2) is 0 Å². The van der Waals surface area contributed by atoms with Crippen molar-refractivity contribution in [3.05, 3.63) is 0 Å². The predicted molar refractivity (Wildman–Crippen MR) is 57.1 cm³/mol. The van der Waals surface area contributed by atoms with Gasteiger partial charge in [0.05, 0.1) is 5.92 Å². The van der Waals surface area contributed by atoms with E-state index in [1.807, 2.05) is 0 Å². The molecule has 2 N–H and O–H groups in total. The number of rotatable bonds is 2. The average Bonchev–Trinajstić information content (AvgIpc) is 2.78. The second kappa shape index (κ2) is 4.52. The first kappa shape index (κ1) is 11.6. The van der Waals surface area contributed by atoms with Crippen LogP contribution in [0.3, 0.4) is 0 Å². The van der Waals surface area contributed by atoms with E-state index >= 15 is 0 Å². The Labute approximate surface area is 97.5 Å². The summed E-state index contributed by atoms with van der Waals surface area (Å²) in [4.78, 5) is 35.0. The van der Waals surface area contributed by atoms with Gasteiger partial charge in [0.2, 0.25) is 5.91 Å². The van der Waals surface area contributed by atoms with Crippen LogP contribution in [0.25, 0.3) is 0 Å². The SMILES string of the molecule is O=C1CCC(C(=O)N2CCC(C(=O)O)C2)=NN1. The Bertz CT molecular complexity index is 404. The number of nitrogens with zero attached hydrogens (tertiary/aromatic N) is 2. The third-order valence-corrected chi connectivity index (χ3v) is 2.98. The molecule has 1 saturated heterocycles. The monoisotopic (exact) mass is 239 g/mol. The van der Waals surface area contributed by atoms with Crippen molar-refractivity contribution < 1.29 is 19.5 Å². The maximum Gasteiger partial charge on any atom is 0.308 e. The summed E-state index contributed by atoms with van der Waals surface area (Å²) in [7, 11) is 0. The van der Waals surface area contributed by atoms with Crippen molar-refractivity contribution in [2.45, 2.75) is 19.3 Å². The average molecular weight is 239 g/mol. The number of carbonyl (C=O) groups excluding carboxylic acids is 2. The molecule has 2 aliphatic heterocycles. The van der Waals surface area contributed by atoms with Gasteiger partial charge >= 0.3 is 5.97 Å². The molecule has 2 rings (SSSR count). The zero-order valence-corrected chi connectivity index (χ0v) is 9.18. The lowest BCUT2D eigenvalue weighted by molar-refractivity contribution is -0.141. The molecule has 0 aromatic carbocycles. The molecule has 2 heterocycles. The highest BCUT2D eigenvalue weighted by Crippen LogP contribution is 2.17. The van der Waals surface area contributed by atoms with Crippen LogP contribution in [-0.4, -0.2) is 46.6 Å². The van der Waals surface area contributed by atoms with Gasteiger partial charge in [-0.25, -0.2) is 5.43 Å². The van der Waals surface area contributed by atoms with Crippen LogP contribution in [0.4, 0.5) is 0 Å². The maximum absolute atomic E-state index is 11.9. The Morgan fingerprint density at radius 2 is 2.18 bits per heavy atom. The molecule has 2 amide bonds. The van der Waals surface area contributed by atoms with Crippen molar-refractivity contribution in [1.29, 1.82) is 0 Å². The number of carboxylic acids is 1. The molecule has 0 aliphatic carbocycles. The lowest BCUT2D eigenvalue weighted by atomic mass is 10.1. The highest BCUT2D eigenvalue weighted by atomic mass is 16.4. The Morgan fingerprint density at radius 1 is 1.41 bits per heavy atom. The predicted octanol–water partition coefficient (Wildman–Crippen LogP) is -0.814. The molecule has 1 unspecified atom stereocenters. The van der Waals surface area contributed by atoms with Crippen molar-refractivity contribution in [3.63, 3.8) is 0 Å². The molecule has 92 valence electrons. The fourth-order valence-electron chi connectivity index (χ4n) is 1.96. The van der Waals surface area contributed by atoms with Gasteiger partial charge in [0.25, 0.3) is 5.91 Å². The van der Waals surface area contributed by atoms with Gasteiger partial charge in [-0.05, 0) is 6.42 Å². The second-order valence-corrected chi connectivity index (χ2v) is 4.17. The summed E-state index contributed by atoms with van der Waals surface area (Å²) in [5.41, 5.74) is 2.56. The minimum absolute atomic E-state index is 0.202. The molecular formula is C10H13N3O4. The molecule has 7 nitrogen and oxygen atoms in total. The fraction of sp³-hybridized carbons (Fsp3) is 0.600. The van der Waals surface area contributed by atoms with E-state index in [0.29, 0.717) is 25.1 Å². The molecule has 0 spiro atoms. The molecule has 0 aromatic heterocycles. The first-order valence-electron chi connectivity index (χ1n) is 5.45. The number of hydrazone groups is 1. The molecular weight excluding hydrogens is 226 g/mol. The summed E-state index contributed by atoms with van der Waals surface area (Å²) in [5.74, 6) is -1.84. The summed E-state index contributed by atoms with van der Waals surface area (Å²) in [5, 5.41) is 12.5. The molecule has 2 aliphatic rings. The van der Waals surface area contributed by atoms with Crippen LogP contribution in [0.1, 0.15) is 19.3 Å². The minimum Gasteiger partial charge on any atom is -0.481 e. The summed E-state index contributed by atoms with van der Waals surface area (Å²) in [6, 6.07) is 0. The molecule has 0 bridgehead atoms. The van der Waals surface area contributed by atoms with Gasteiger partial charge in [0, 0.05) is 25.9 Å². The zero-order valence-electron chi connectivity index (χ0n) is 9.18. The number of carboxylic acid groups (broad SMARTS) is 1. The Balaban J connectivity index is 1.98. The molecule has 0 radical (unpaired) electrons. The second-order valence-electron chi connectivity index (χ2n) is 4.17. The molecule has 1 fully saturated rings. The molecule has 0 saturated carbocycles. The van der Waals surface area contributed by atoms with Crippen molar-refractivity contribution in [3.8, 4) is 0 Å². The van der Waals surface area contributed by atoms with Crippen LogP contribution >= 0.6 is 0 Å². The van der Waals surface area contributed by atoms with E-state index in [2.05, 4.69) is 10.5 Å². The van der Waals surface area contributed by atoms with Crippen molar-refractivity contribution in [2.75, 3.05) is 13.1 Å². The number of hydrogen-bond acceptors (Lipinski definition) is 4. The minimum atomic E-state index is -0.876. The maximum atomic E-state index is 11.9. The number of nitrogens with one attached hydrogen (secondary N) is 1. The lowest BCUT2D eigenvalue weighted by Gasteiger charge is -2.18. The van der Waals surface area contributed by atoms with E-state index in [1.165, 1.54) is 4.90 Å². The number of likely N-dealkylation sites (tertiary alicyclic amines) is 1. The molecule has 17 heavy (non-hydrogen) atoms. The molecule has 0 aromatic rings. The van der Waals surface area contributed by atoms with Gasteiger partial charge in [-0.15, -0.1) is 0 Å². The Hall–Kier alpha value is -1.92. The number of aliphatic carboxylic acids is 1. The van der Waals surface area contributed by atoms with Crippen LogP contribution in [0.5, 0.6) is 0 Å². The summed E-state index contributed by atoms with van der Waals surface area (Å²) in [6.45, 7) is 0.657. The summed E-state index contributed by atoms with van der Waals surface area (Å²) < 4.78 is 0. The smallest absolute Gasteiger partial charge is 0.308 e. The van der Waals surface area contributed by atoms with Gasteiger partial charge in [0.1, 0.15) is 5.71 Å². The third-order valence-electron chi connectivity index (χ3n) is 2.98. The lowest BCUT2D eigenvalue weighted by Crippen LogP contribution is -2.39. The van der Waals surface area contributed by atoms with E-state index in [1.54, 1.807) is 0 Å². The largest absolute Gasteiger partial charge is 0.481 e. The first-order valence-corrected chi connectivity index (χ1v) is 5.45. The van der Waals surface area contributed by atoms with Crippen LogP contribution in [0.15, 0.2) is 5.10 Å². The number of amides is 2. The van der Waals surface area contributed by atoms with E-state index in [4.69, 9.17) is 5.11 Å². The third kappa shape index (κ3) is 2.43. The van der Waals surface area contributed by atoms with E-state index in [9.17, 15) is 14.4 Å². The fourth-order valence-corrected chi connectivity index (χ4v) is 1.96. The zero-order chi connectivity index (χ0) is 12.4. The van der Waals surface area contributed by atoms with Gasteiger partial charge < -0.3 is 10.0 Å². The van der Waals surface area contributed by atoms with E-state index in [-0.39, 0.29) is 24.8 Å². The Kier molecular flexibility index (Phi) is 3.08. The Morgan fingerprint density at radius 3 is 2.71 bits per heavy atom. The highest BCUT2D eigenvalue weighted by molar-refractivity contribution is 6.39. The summed E-state index contributed by atoms with van der Waals surface area (Å²) in [6.07, 6.45) is 1.04. The van der Waals surface area contributed by atoms with E-state index in [0.717, 1.165) is 0 Å². The van der Waals surface area contributed by atoms with E-state index < -0.39 is 11.9 Å².